The van der Waals surface area contributed by atoms with Crippen molar-refractivity contribution >= 4 is 54.8 Å². The molecule has 0 aliphatic heterocycles. The number of hydrogen-bond donors (Lipinski definition) is 1. The zero-order valence-electron chi connectivity index (χ0n) is 13.6. The minimum Gasteiger partial charge on any atom is -0.279 e. The number of nitrogens with one attached hydrogen (secondary N) is 1. The van der Waals surface area contributed by atoms with E-state index in [1.165, 1.54) is 6.07 Å². The lowest BCUT2D eigenvalue weighted by Gasteiger charge is -2.15. The molecular formula is C19H14BrCl2NO2S. The highest BCUT2D eigenvalue weighted by molar-refractivity contribution is 9.10. The van der Waals surface area contributed by atoms with E-state index in [4.69, 9.17) is 23.2 Å². The summed E-state index contributed by atoms with van der Waals surface area (Å²) in [4.78, 5) is 0.175. The summed E-state index contributed by atoms with van der Waals surface area (Å²) < 4.78 is 29.0. The van der Waals surface area contributed by atoms with Gasteiger partial charge in [0.1, 0.15) is 0 Å². The van der Waals surface area contributed by atoms with E-state index in [1.807, 2.05) is 31.2 Å². The topological polar surface area (TPSA) is 46.2 Å². The third kappa shape index (κ3) is 4.23. The predicted octanol–water partition coefficient (Wildman–Crippen LogP) is 6.53. The molecule has 26 heavy (non-hydrogen) atoms. The standard InChI is InChI=1S/C19H14BrCl2NO2S/c1-12-5-7-15(8-6-12)26(24,25)23-19-11-18(22)17(21)10-16(19)13-3-2-4-14(20)9-13/h2-11,23H,1H3. The Balaban J connectivity index is 2.09. The molecule has 0 atom stereocenters. The van der Waals surface area contributed by atoms with Gasteiger partial charge in [0.25, 0.3) is 10.0 Å². The van der Waals surface area contributed by atoms with Crippen LogP contribution in [0.5, 0.6) is 0 Å². The van der Waals surface area contributed by atoms with Crippen LogP contribution >= 0.6 is 39.1 Å². The molecule has 0 aliphatic rings. The largest absolute Gasteiger partial charge is 0.279 e. The lowest BCUT2D eigenvalue weighted by Crippen LogP contribution is -2.13. The van der Waals surface area contributed by atoms with Gasteiger partial charge in [-0.2, -0.15) is 0 Å². The molecule has 3 rings (SSSR count). The first-order chi connectivity index (χ1) is 12.3. The molecule has 7 heteroatoms. The van der Waals surface area contributed by atoms with Crippen LogP contribution in [-0.2, 0) is 10.0 Å². The number of aryl methyl sites for hydroxylation is 1. The minimum atomic E-state index is -3.76. The lowest BCUT2D eigenvalue weighted by molar-refractivity contribution is 0.601. The van der Waals surface area contributed by atoms with Gasteiger partial charge in [-0.3, -0.25) is 4.72 Å². The molecule has 0 radical (unpaired) electrons. The van der Waals surface area contributed by atoms with Crippen LogP contribution in [0.2, 0.25) is 10.0 Å². The minimum absolute atomic E-state index is 0.175. The van der Waals surface area contributed by atoms with Crippen molar-refractivity contribution in [2.75, 3.05) is 4.72 Å². The molecule has 0 unspecified atom stereocenters. The highest BCUT2D eigenvalue weighted by Crippen LogP contribution is 2.37. The molecule has 3 nitrogen and oxygen atoms in total. The fourth-order valence-electron chi connectivity index (χ4n) is 2.45. The van der Waals surface area contributed by atoms with E-state index in [9.17, 15) is 8.42 Å². The Kier molecular flexibility index (Phi) is 5.63. The smallest absolute Gasteiger partial charge is 0.261 e. The second-order valence-electron chi connectivity index (χ2n) is 5.74. The molecule has 0 saturated heterocycles. The van der Waals surface area contributed by atoms with Crippen molar-refractivity contribution in [3.63, 3.8) is 0 Å². The van der Waals surface area contributed by atoms with Crippen LogP contribution in [0.25, 0.3) is 11.1 Å². The van der Waals surface area contributed by atoms with Crippen LogP contribution in [0.4, 0.5) is 5.69 Å². The van der Waals surface area contributed by atoms with E-state index in [1.54, 1.807) is 30.3 Å². The molecule has 0 spiro atoms. The highest BCUT2D eigenvalue weighted by atomic mass is 79.9. The molecule has 3 aromatic rings. The summed E-state index contributed by atoms with van der Waals surface area (Å²) in [5.41, 5.74) is 2.78. The summed E-state index contributed by atoms with van der Waals surface area (Å²) in [6.07, 6.45) is 0. The Bertz CT molecular complexity index is 1070. The second kappa shape index (κ2) is 7.61. The maximum Gasteiger partial charge on any atom is 0.261 e. The molecule has 0 aromatic heterocycles. The van der Waals surface area contributed by atoms with Gasteiger partial charge in [0.05, 0.1) is 20.6 Å². The molecule has 3 aromatic carbocycles. The van der Waals surface area contributed by atoms with Crippen molar-refractivity contribution in [3.05, 3.63) is 80.7 Å². The molecule has 0 bridgehead atoms. The van der Waals surface area contributed by atoms with Crippen LogP contribution < -0.4 is 4.72 Å². The quantitative estimate of drug-likeness (QED) is 0.470. The lowest BCUT2D eigenvalue weighted by atomic mass is 10.0. The highest BCUT2D eigenvalue weighted by Gasteiger charge is 2.18. The molecule has 1 N–H and O–H groups in total. The molecular weight excluding hydrogens is 457 g/mol. The summed E-state index contributed by atoms with van der Waals surface area (Å²) >= 11 is 15.7. The van der Waals surface area contributed by atoms with E-state index in [0.717, 1.165) is 15.6 Å². The van der Waals surface area contributed by atoms with Crippen molar-refractivity contribution in [2.45, 2.75) is 11.8 Å². The Hall–Kier alpha value is -1.53. The molecule has 0 aliphatic carbocycles. The van der Waals surface area contributed by atoms with Crippen LogP contribution in [0, 0.1) is 6.92 Å². The predicted molar refractivity (Wildman–Crippen MR) is 112 cm³/mol. The van der Waals surface area contributed by atoms with Crippen LogP contribution in [0.1, 0.15) is 5.56 Å². The number of benzene rings is 3. The van der Waals surface area contributed by atoms with Crippen LogP contribution in [0.15, 0.2) is 70.0 Å². The second-order valence-corrected chi connectivity index (χ2v) is 9.15. The Morgan fingerprint density at radius 1 is 0.923 bits per heavy atom. The number of rotatable bonds is 4. The van der Waals surface area contributed by atoms with Gasteiger partial charge in [-0.25, -0.2) is 8.42 Å². The van der Waals surface area contributed by atoms with Crippen molar-refractivity contribution in [2.24, 2.45) is 0 Å². The van der Waals surface area contributed by atoms with E-state index in [0.29, 0.717) is 16.3 Å². The van der Waals surface area contributed by atoms with Crippen molar-refractivity contribution < 1.29 is 8.42 Å². The van der Waals surface area contributed by atoms with Gasteiger partial charge in [-0.15, -0.1) is 0 Å². The third-order valence-corrected chi connectivity index (χ3v) is 6.37. The number of anilines is 1. The van der Waals surface area contributed by atoms with Gasteiger partial charge >= 0.3 is 0 Å². The Morgan fingerprint density at radius 3 is 2.23 bits per heavy atom. The number of halogens is 3. The Labute approximate surface area is 171 Å². The summed E-state index contributed by atoms with van der Waals surface area (Å²) in [5, 5.41) is 0.618. The van der Waals surface area contributed by atoms with Crippen molar-refractivity contribution in [1.29, 1.82) is 0 Å². The summed E-state index contributed by atoms with van der Waals surface area (Å²) in [7, 11) is -3.76. The Morgan fingerprint density at radius 2 is 1.58 bits per heavy atom. The SMILES string of the molecule is Cc1ccc(S(=O)(=O)Nc2cc(Cl)c(Cl)cc2-c2cccc(Br)c2)cc1. The van der Waals surface area contributed by atoms with Gasteiger partial charge in [-0.05, 0) is 48.9 Å². The molecule has 0 heterocycles. The first-order valence-electron chi connectivity index (χ1n) is 7.61. The molecule has 0 amide bonds. The maximum atomic E-state index is 12.8. The summed E-state index contributed by atoms with van der Waals surface area (Å²) in [5.74, 6) is 0. The van der Waals surface area contributed by atoms with E-state index in [2.05, 4.69) is 20.7 Å². The fourth-order valence-corrected chi connectivity index (χ4v) is 4.24. The molecule has 0 saturated carbocycles. The number of hydrogen-bond acceptors (Lipinski definition) is 2. The number of sulfonamides is 1. The zero-order chi connectivity index (χ0) is 18.9. The maximum absolute atomic E-state index is 12.8. The first-order valence-corrected chi connectivity index (χ1v) is 10.6. The zero-order valence-corrected chi connectivity index (χ0v) is 17.5. The monoisotopic (exact) mass is 469 g/mol. The van der Waals surface area contributed by atoms with Gasteiger partial charge < -0.3 is 0 Å². The van der Waals surface area contributed by atoms with Gasteiger partial charge in [0.2, 0.25) is 0 Å². The van der Waals surface area contributed by atoms with Gasteiger partial charge in [-0.1, -0.05) is 69.0 Å². The molecule has 0 fully saturated rings. The van der Waals surface area contributed by atoms with E-state index in [-0.39, 0.29) is 9.92 Å². The average Bonchev–Trinajstić information content (AvgIpc) is 2.58. The van der Waals surface area contributed by atoms with Gasteiger partial charge in [0.15, 0.2) is 0 Å². The van der Waals surface area contributed by atoms with Gasteiger partial charge in [0, 0.05) is 10.0 Å². The van der Waals surface area contributed by atoms with Crippen molar-refractivity contribution in [3.8, 4) is 11.1 Å². The first kappa shape index (κ1) is 19.2. The third-order valence-electron chi connectivity index (χ3n) is 3.77. The van der Waals surface area contributed by atoms with Crippen LogP contribution in [0.3, 0.4) is 0 Å². The fraction of sp³-hybridized carbons (Fsp3) is 0.0526. The summed E-state index contributed by atoms with van der Waals surface area (Å²) in [6, 6.07) is 17.3. The average molecular weight is 471 g/mol. The molecule has 134 valence electrons. The summed E-state index contributed by atoms with van der Waals surface area (Å²) in [6.45, 7) is 1.90. The van der Waals surface area contributed by atoms with Crippen molar-refractivity contribution in [1.82, 2.24) is 0 Å². The van der Waals surface area contributed by atoms with E-state index >= 15 is 0 Å². The van der Waals surface area contributed by atoms with E-state index < -0.39 is 10.0 Å². The normalized spacial score (nSPS) is 11.4. The van der Waals surface area contributed by atoms with Crippen LogP contribution in [-0.4, -0.2) is 8.42 Å².